The van der Waals surface area contributed by atoms with Crippen molar-refractivity contribution >= 4 is 5.97 Å². The standard InChI is InChI=1S/C42H64O16/c1-20-36(44)29(47-6)14-34(52-20)57-38-22(3)54-35(16-31(38)49-8)58-37-21(2)53-33(15-30(37)48-7)55-28-13-23-9-11-25-26(40(23,4)17-27(28)43)12-10-24-18-50-41(5)42(24,46)32(19-51-41)56-39(25)45/h9,18,20-22,25-38,43-44,46H,10-17,19H2,1-8H3/t20-,21-,22+,25-,26+,27-,28-,29+,30+,31+,32-,33+,34+,35+,36-,37-,38-,40+,41+,42+/m1/s1. The van der Waals surface area contributed by atoms with Gasteiger partial charge in [-0.05, 0) is 64.2 Å². The molecule has 0 bridgehead atoms. The molecule has 0 radical (unpaired) electrons. The molecular formula is C42H64O16. The summed E-state index contributed by atoms with van der Waals surface area (Å²) in [4.78, 5) is 13.8. The monoisotopic (exact) mass is 824 g/mol. The van der Waals surface area contributed by atoms with Crippen molar-refractivity contribution in [1.82, 2.24) is 0 Å². The molecule has 8 rings (SSSR count). The van der Waals surface area contributed by atoms with Gasteiger partial charge in [-0.1, -0.05) is 18.6 Å². The molecule has 2 aliphatic carbocycles. The van der Waals surface area contributed by atoms with E-state index in [4.69, 9.17) is 56.8 Å². The summed E-state index contributed by atoms with van der Waals surface area (Å²) in [6.07, 6.45) is -0.864. The van der Waals surface area contributed by atoms with E-state index in [-0.39, 0.29) is 24.6 Å². The molecule has 20 atom stereocenters. The molecule has 1 saturated carbocycles. The Morgan fingerprint density at radius 1 is 0.776 bits per heavy atom. The maximum Gasteiger partial charge on any atom is 0.310 e. The minimum absolute atomic E-state index is 0.0554. The highest BCUT2D eigenvalue weighted by molar-refractivity contribution is 5.74. The Balaban J connectivity index is 0.881. The minimum Gasteiger partial charge on any atom is -0.466 e. The Hall–Kier alpha value is -1.77. The summed E-state index contributed by atoms with van der Waals surface area (Å²) < 4.78 is 73.1. The Bertz CT molecular complexity index is 1560. The largest absolute Gasteiger partial charge is 0.466 e. The highest BCUT2D eigenvalue weighted by Gasteiger charge is 2.68. The molecule has 0 unspecified atom stereocenters. The van der Waals surface area contributed by atoms with Crippen LogP contribution in [0.2, 0.25) is 0 Å². The second-order valence-corrected chi connectivity index (χ2v) is 18.0. The van der Waals surface area contributed by atoms with Crippen molar-refractivity contribution in [2.75, 3.05) is 27.9 Å². The van der Waals surface area contributed by atoms with Crippen molar-refractivity contribution in [2.45, 2.75) is 189 Å². The molecule has 6 fully saturated rings. The van der Waals surface area contributed by atoms with E-state index in [0.29, 0.717) is 56.9 Å². The number of carbonyl (C=O) groups is 1. The first kappa shape index (κ1) is 42.9. The van der Waals surface area contributed by atoms with Crippen molar-refractivity contribution < 1.29 is 77.0 Å². The second kappa shape index (κ2) is 16.5. The van der Waals surface area contributed by atoms with Crippen LogP contribution in [0.25, 0.3) is 0 Å². The number of aliphatic hydroxyl groups excluding tert-OH is 2. The van der Waals surface area contributed by atoms with Gasteiger partial charge in [0.1, 0.15) is 18.3 Å². The first-order valence-electron chi connectivity index (χ1n) is 21.1. The predicted octanol–water partition coefficient (Wildman–Crippen LogP) is 2.77. The number of aliphatic hydroxyl groups is 3. The fourth-order valence-electron chi connectivity index (χ4n) is 11.3. The number of fused-ring (bicyclic) bond motifs is 3. The van der Waals surface area contributed by atoms with E-state index < -0.39 is 109 Å². The Morgan fingerprint density at radius 2 is 1.36 bits per heavy atom. The van der Waals surface area contributed by atoms with Crippen LogP contribution in [-0.4, -0.2) is 153 Å². The van der Waals surface area contributed by atoms with Crippen LogP contribution in [0.5, 0.6) is 0 Å². The van der Waals surface area contributed by atoms with E-state index in [1.54, 1.807) is 41.4 Å². The van der Waals surface area contributed by atoms with Gasteiger partial charge in [0.15, 0.2) is 30.6 Å². The SMILES string of the molecule is CO[C@H]1C[C@H](O[C@@H]2[C@H](C)O[C@@H](O[C@H]3[C@@H](OC)C[C@H](O[C@@H]4CC5=CC[C@H]6C(=O)O[C@@H]7CO[C@]8(C)OC=C(CC[C@@H]6[C@@]5(C)C[C@H]4O)[C@]78O)O[C@@H]3C)C[C@@H]2OC)O[C@H](C)[C@H]1O. The number of ether oxygens (including phenoxy) is 12. The number of allylic oxidation sites excluding steroid dienone is 1. The summed E-state index contributed by atoms with van der Waals surface area (Å²) in [6.45, 7) is 9.49. The Kier molecular flexibility index (Phi) is 12.2. The third kappa shape index (κ3) is 7.39. The van der Waals surface area contributed by atoms with Gasteiger partial charge in [-0.25, -0.2) is 0 Å². The summed E-state index contributed by atoms with van der Waals surface area (Å²) in [6, 6.07) is 0. The summed E-state index contributed by atoms with van der Waals surface area (Å²) in [5, 5.41) is 34.0. The number of hydrogen-bond donors (Lipinski definition) is 3. The lowest BCUT2D eigenvalue weighted by Crippen LogP contribution is -2.57. The Labute approximate surface area is 340 Å². The van der Waals surface area contributed by atoms with Crippen LogP contribution in [0.15, 0.2) is 23.5 Å². The summed E-state index contributed by atoms with van der Waals surface area (Å²) >= 11 is 0. The Morgan fingerprint density at radius 3 is 1.98 bits per heavy atom. The quantitative estimate of drug-likeness (QED) is 0.227. The van der Waals surface area contributed by atoms with Gasteiger partial charge in [0.2, 0.25) is 5.79 Å². The smallest absolute Gasteiger partial charge is 0.310 e. The van der Waals surface area contributed by atoms with Gasteiger partial charge in [0, 0.05) is 53.1 Å². The van der Waals surface area contributed by atoms with Crippen molar-refractivity contribution in [2.24, 2.45) is 17.3 Å². The van der Waals surface area contributed by atoms with Crippen LogP contribution in [0.3, 0.4) is 0 Å². The van der Waals surface area contributed by atoms with E-state index in [1.807, 2.05) is 13.8 Å². The average Bonchev–Trinajstić information content (AvgIpc) is 3.60. The number of carbonyl (C=O) groups excluding carboxylic acids is 1. The van der Waals surface area contributed by atoms with Gasteiger partial charge < -0.3 is 72.2 Å². The van der Waals surface area contributed by atoms with Gasteiger partial charge in [-0.2, -0.15) is 0 Å². The molecule has 0 amide bonds. The lowest BCUT2D eigenvalue weighted by Gasteiger charge is -2.52. The van der Waals surface area contributed by atoms with E-state index >= 15 is 0 Å². The van der Waals surface area contributed by atoms with Crippen molar-refractivity contribution in [3.8, 4) is 0 Å². The summed E-state index contributed by atoms with van der Waals surface area (Å²) in [7, 11) is 4.83. The minimum atomic E-state index is -1.55. The topological polar surface area (TPSA) is 189 Å². The highest BCUT2D eigenvalue weighted by atomic mass is 16.8. The van der Waals surface area contributed by atoms with Crippen LogP contribution >= 0.6 is 0 Å². The first-order chi connectivity index (χ1) is 27.6. The maximum atomic E-state index is 13.8. The predicted molar refractivity (Wildman–Crippen MR) is 200 cm³/mol. The van der Waals surface area contributed by atoms with Crippen LogP contribution in [-0.2, 0) is 61.6 Å². The molecule has 16 heteroatoms. The zero-order valence-corrected chi connectivity index (χ0v) is 35.0. The van der Waals surface area contributed by atoms with Crippen molar-refractivity contribution in [3.05, 3.63) is 23.5 Å². The number of methoxy groups -OCH3 is 3. The second-order valence-electron chi connectivity index (χ2n) is 18.0. The number of esters is 1. The van der Waals surface area contributed by atoms with Crippen LogP contribution in [0, 0.1) is 17.3 Å². The lowest BCUT2D eigenvalue weighted by atomic mass is 9.55. The molecule has 6 heterocycles. The molecule has 58 heavy (non-hydrogen) atoms. The zero-order valence-electron chi connectivity index (χ0n) is 35.0. The molecule has 8 aliphatic rings. The normalized spacial score (nSPS) is 51.8. The molecule has 6 aliphatic heterocycles. The van der Waals surface area contributed by atoms with Gasteiger partial charge in [0.25, 0.3) is 0 Å². The molecule has 0 spiro atoms. The van der Waals surface area contributed by atoms with Crippen LogP contribution < -0.4 is 0 Å². The molecule has 0 aromatic rings. The van der Waals surface area contributed by atoms with Gasteiger partial charge in [-0.3, -0.25) is 4.79 Å². The molecule has 16 nitrogen and oxygen atoms in total. The van der Waals surface area contributed by atoms with Gasteiger partial charge in [0.05, 0.1) is 67.6 Å². The number of hydrogen-bond acceptors (Lipinski definition) is 16. The van der Waals surface area contributed by atoms with Crippen LogP contribution in [0.4, 0.5) is 0 Å². The molecular weight excluding hydrogens is 760 g/mol. The van der Waals surface area contributed by atoms with E-state index in [1.165, 1.54) is 0 Å². The zero-order chi connectivity index (χ0) is 41.3. The fraction of sp³-hybridized carbons (Fsp3) is 0.881. The third-order valence-corrected chi connectivity index (χ3v) is 14.8. The summed E-state index contributed by atoms with van der Waals surface area (Å²) in [5.74, 6) is -2.20. The van der Waals surface area contributed by atoms with Crippen molar-refractivity contribution in [1.29, 1.82) is 0 Å². The third-order valence-electron chi connectivity index (χ3n) is 14.8. The molecule has 3 N–H and O–H groups in total. The van der Waals surface area contributed by atoms with Crippen LogP contribution in [0.1, 0.15) is 86.0 Å². The molecule has 328 valence electrons. The fourth-order valence-corrected chi connectivity index (χ4v) is 11.3. The van der Waals surface area contributed by atoms with E-state index in [9.17, 15) is 20.1 Å². The van der Waals surface area contributed by atoms with Gasteiger partial charge >= 0.3 is 5.97 Å². The van der Waals surface area contributed by atoms with Crippen molar-refractivity contribution in [3.63, 3.8) is 0 Å². The average molecular weight is 825 g/mol. The molecule has 5 saturated heterocycles. The van der Waals surface area contributed by atoms with E-state index in [2.05, 4.69) is 13.0 Å². The van der Waals surface area contributed by atoms with Gasteiger partial charge in [-0.15, -0.1) is 0 Å². The molecule has 0 aromatic carbocycles. The highest BCUT2D eigenvalue weighted by Crippen LogP contribution is 2.58. The summed E-state index contributed by atoms with van der Waals surface area (Å²) in [5.41, 5.74) is -0.218. The maximum absolute atomic E-state index is 13.8. The van der Waals surface area contributed by atoms with E-state index in [0.717, 1.165) is 5.57 Å². The number of rotatable bonds is 9. The lowest BCUT2D eigenvalue weighted by molar-refractivity contribution is -0.339. The molecule has 0 aromatic heterocycles. The first-order valence-corrected chi connectivity index (χ1v) is 21.1.